The number of likely N-dealkylation sites (tertiary alicyclic amines) is 1. The van der Waals surface area contributed by atoms with Crippen LogP contribution >= 0.6 is 0 Å². The van der Waals surface area contributed by atoms with E-state index in [2.05, 4.69) is 41.1 Å². The summed E-state index contributed by atoms with van der Waals surface area (Å²) in [6.07, 6.45) is 3.71. The molecule has 202 valence electrons. The Hall–Kier alpha value is -2.36. The molecular formula is C27H44N4O5. The summed E-state index contributed by atoms with van der Waals surface area (Å²) in [6.45, 7) is 7.76. The number of hydrogen-bond acceptors (Lipinski definition) is 5. The molecule has 9 heteroatoms. The van der Waals surface area contributed by atoms with Crippen LogP contribution in [0, 0.1) is 18.8 Å². The Kier molecular flexibility index (Phi) is 11.3. The molecular weight excluding hydrogens is 460 g/mol. The maximum absolute atomic E-state index is 13.3. The van der Waals surface area contributed by atoms with Gasteiger partial charge in [-0.2, -0.15) is 0 Å². The van der Waals surface area contributed by atoms with Crippen LogP contribution in [0.2, 0.25) is 0 Å². The van der Waals surface area contributed by atoms with Crippen LogP contribution in [0.15, 0.2) is 24.3 Å². The molecule has 0 saturated carbocycles. The lowest BCUT2D eigenvalue weighted by Crippen LogP contribution is -2.52. The van der Waals surface area contributed by atoms with Crippen LogP contribution in [0.4, 0.5) is 9.59 Å². The van der Waals surface area contributed by atoms with Gasteiger partial charge in [0, 0.05) is 44.8 Å². The fourth-order valence-corrected chi connectivity index (χ4v) is 5.39. The van der Waals surface area contributed by atoms with E-state index in [1.807, 2.05) is 18.0 Å². The van der Waals surface area contributed by atoms with E-state index in [1.165, 1.54) is 0 Å². The molecule has 1 aromatic carbocycles. The van der Waals surface area contributed by atoms with Gasteiger partial charge in [0.1, 0.15) is 0 Å². The third kappa shape index (κ3) is 8.94. The number of carboxylic acid groups (broad SMARTS) is 1. The van der Waals surface area contributed by atoms with Crippen molar-refractivity contribution < 1.29 is 24.2 Å². The zero-order valence-electron chi connectivity index (χ0n) is 22.0. The fourth-order valence-electron chi connectivity index (χ4n) is 5.39. The van der Waals surface area contributed by atoms with Crippen LogP contribution in [-0.4, -0.2) is 80.7 Å². The monoisotopic (exact) mass is 504 g/mol. The number of hydrogen-bond donors (Lipinski definition) is 4. The van der Waals surface area contributed by atoms with Gasteiger partial charge in [0.05, 0.1) is 18.8 Å². The van der Waals surface area contributed by atoms with Gasteiger partial charge in [-0.3, -0.25) is 0 Å². The summed E-state index contributed by atoms with van der Waals surface area (Å²) in [7, 11) is 1.91. The van der Waals surface area contributed by atoms with E-state index >= 15 is 0 Å². The Balaban J connectivity index is 1.65. The van der Waals surface area contributed by atoms with Gasteiger partial charge < -0.3 is 35.4 Å². The maximum Gasteiger partial charge on any atom is 0.404 e. The van der Waals surface area contributed by atoms with Crippen molar-refractivity contribution in [1.29, 1.82) is 0 Å². The molecule has 2 fully saturated rings. The van der Waals surface area contributed by atoms with Crippen molar-refractivity contribution in [1.82, 2.24) is 20.9 Å². The zero-order valence-corrected chi connectivity index (χ0v) is 22.0. The first-order valence-corrected chi connectivity index (χ1v) is 13.3. The van der Waals surface area contributed by atoms with E-state index in [0.717, 1.165) is 69.5 Å². The molecule has 0 aromatic heterocycles. The Labute approximate surface area is 215 Å². The number of rotatable bonds is 11. The van der Waals surface area contributed by atoms with Crippen molar-refractivity contribution in [3.8, 4) is 0 Å². The van der Waals surface area contributed by atoms with E-state index in [0.29, 0.717) is 12.5 Å². The standard InChI is InChI=1S/C27H44N4O5/c1-19-7-4-9-22(13-19)25(36-17-20(2)29-27(33)34)23-10-5-11-31(16-23)26(32)30-24(15-28-3)14-21-8-6-12-35-18-21/h4,7,9,13,20-21,23-25,28-29H,5-6,8,10-12,14-18H2,1-3H3,(H,30,32)(H,33,34)/t20?,21-,23?,24+,25+/m1/s1. The predicted octanol–water partition coefficient (Wildman–Crippen LogP) is 3.54. The highest BCUT2D eigenvalue weighted by Crippen LogP contribution is 2.33. The molecule has 0 radical (unpaired) electrons. The summed E-state index contributed by atoms with van der Waals surface area (Å²) in [5.41, 5.74) is 2.21. The summed E-state index contributed by atoms with van der Waals surface area (Å²) >= 11 is 0. The fraction of sp³-hybridized carbons (Fsp3) is 0.704. The number of urea groups is 1. The summed E-state index contributed by atoms with van der Waals surface area (Å²) in [5.74, 6) is 0.602. The topological polar surface area (TPSA) is 112 Å². The van der Waals surface area contributed by atoms with Crippen LogP contribution in [0.5, 0.6) is 0 Å². The summed E-state index contributed by atoms with van der Waals surface area (Å²) in [4.78, 5) is 26.2. The lowest BCUT2D eigenvalue weighted by molar-refractivity contribution is -0.0175. The van der Waals surface area contributed by atoms with Gasteiger partial charge in [0.25, 0.3) is 0 Å². The zero-order chi connectivity index (χ0) is 25.9. The summed E-state index contributed by atoms with van der Waals surface area (Å²) in [5, 5.41) is 18.0. The van der Waals surface area contributed by atoms with Gasteiger partial charge in [0.15, 0.2) is 0 Å². The molecule has 2 aliphatic rings. The Morgan fingerprint density at radius 1 is 1.25 bits per heavy atom. The quantitative estimate of drug-likeness (QED) is 0.367. The summed E-state index contributed by atoms with van der Waals surface area (Å²) < 4.78 is 12.0. The van der Waals surface area contributed by atoms with Gasteiger partial charge >= 0.3 is 12.1 Å². The van der Waals surface area contributed by atoms with E-state index in [9.17, 15) is 9.59 Å². The van der Waals surface area contributed by atoms with Crippen LogP contribution in [0.1, 0.15) is 56.3 Å². The number of nitrogens with one attached hydrogen (secondary N) is 3. The van der Waals surface area contributed by atoms with Gasteiger partial charge in [-0.05, 0) is 64.5 Å². The SMILES string of the molecule is CNC[C@H](C[C@H]1CCCOC1)NC(=O)N1CCCC([C@@H](OCC(C)NC(=O)O)c2cccc(C)c2)C1. The minimum Gasteiger partial charge on any atom is -0.465 e. The predicted molar refractivity (Wildman–Crippen MR) is 139 cm³/mol. The molecule has 4 N–H and O–H groups in total. The van der Waals surface area contributed by atoms with Crippen molar-refractivity contribution in [2.75, 3.05) is 46.5 Å². The number of carbonyl (C=O) groups is 2. The molecule has 2 aliphatic heterocycles. The molecule has 3 amide bonds. The van der Waals surface area contributed by atoms with E-state index in [4.69, 9.17) is 14.6 Å². The highest BCUT2D eigenvalue weighted by atomic mass is 16.5. The highest BCUT2D eigenvalue weighted by molar-refractivity contribution is 5.74. The molecule has 0 aliphatic carbocycles. The minimum absolute atomic E-state index is 0.0272. The first kappa shape index (κ1) is 28.2. The number of ether oxygens (including phenoxy) is 2. The van der Waals surface area contributed by atoms with Gasteiger partial charge in [-0.25, -0.2) is 9.59 Å². The first-order valence-electron chi connectivity index (χ1n) is 13.3. The van der Waals surface area contributed by atoms with Crippen molar-refractivity contribution in [2.45, 2.75) is 64.1 Å². The largest absolute Gasteiger partial charge is 0.465 e. The van der Waals surface area contributed by atoms with Gasteiger partial charge in [-0.15, -0.1) is 0 Å². The number of benzene rings is 1. The van der Waals surface area contributed by atoms with Gasteiger partial charge in [-0.1, -0.05) is 29.8 Å². The number of aryl methyl sites for hydroxylation is 1. The van der Waals surface area contributed by atoms with Crippen molar-refractivity contribution >= 4 is 12.1 Å². The number of amides is 3. The average molecular weight is 505 g/mol. The lowest BCUT2D eigenvalue weighted by Gasteiger charge is -2.38. The van der Waals surface area contributed by atoms with Gasteiger partial charge in [0.2, 0.25) is 0 Å². The van der Waals surface area contributed by atoms with Crippen molar-refractivity contribution in [3.05, 3.63) is 35.4 Å². The van der Waals surface area contributed by atoms with E-state index in [-0.39, 0.29) is 36.7 Å². The molecule has 3 rings (SSSR count). The maximum atomic E-state index is 13.3. The Morgan fingerprint density at radius 2 is 2.08 bits per heavy atom. The van der Waals surface area contributed by atoms with Crippen LogP contribution in [-0.2, 0) is 9.47 Å². The number of carbonyl (C=O) groups excluding carboxylic acids is 1. The molecule has 2 unspecified atom stereocenters. The molecule has 2 saturated heterocycles. The van der Waals surface area contributed by atoms with Crippen LogP contribution < -0.4 is 16.0 Å². The van der Waals surface area contributed by atoms with Crippen molar-refractivity contribution in [2.24, 2.45) is 11.8 Å². The molecule has 5 atom stereocenters. The molecule has 0 spiro atoms. The number of nitrogens with zero attached hydrogens (tertiary/aromatic N) is 1. The van der Waals surface area contributed by atoms with Crippen molar-refractivity contribution in [3.63, 3.8) is 0 Å². The second kappa shape index (κ2) is 14.4. The first-order chi connectivity index (χ1) is 17.4. The molecule has 1 aromatic rings. The third-order valence-electron chi connectivity index (χ3n) is 7.09. The molecule has 0 bridgehead atoms. The molecule has 9 nitrogen and oxygen atoms in total. The minimum atomic E-state index is -1.06. The van der Waals surface area contributed by atoms with E-state index < -0.39 is 6.09 Å². The molecule has 2 heterocycles. The Morgan fingerprint density at radius 3 is 2.78 bits per heavy atom. The van der Waals surface area contributed by atoms with Crippen LogP contribution in [0.25, 0.3) is 0 Å². The third-order valence-corrected chi connectivity index (χ3v) is 7.09. The van der Waals surface area contributed by atoms with E-state index in [1.54, 1.807) is 6.92 Å². The average Bonchev–Trinajstić information content (AvgIpc) is 2.85. The second-order valence-corrected chi connectivity index (χ2v) is 10.4. The molecule has 36 heavy (non-hydrogen) atoms. The normalized spacial score (nSPS) is 22.9. The second-order valence-electron chi connectivity index (χ2n) is 10.4. The summed E-state index contributed by atoms with van der Waals surface area (Å²) in [6, 6.07) is 7.94. The smallest absolute Gasteiger partial charge is 0.404 e. The number of likely N-dealkylation sites (N-methyl/N-ethyl adjacent to an activating group) is 1. The Bertz CT molecular complexity index is 832. The highest BCUT2D eigenvalue weighted by Gasteiger charge is 2.32. The number of piperidine rings is 1. The van der Waals surface area contributed by atoms with Crippen LogP contribution in [0.3, 0.4) is 0 Å². The lowest BCUT2D eigenvalue weighted by atomic mass is 9.88.